The number of amides is 1. The number of rotatable bonds is 5. The maximum Gasteiger partial charge on any atom is 0.407 e. The summed E-state index contributed by atoms with van der Waals surface area (Å²) in [5, 5.41) is 16.3. The van der Waals surface area contributed by atoms with E-state index in [1.807, 2.05) is 20.8 Å². The van der Waals surface area contributed by atoms with E-state index >= 15 is 0 Å². The zero-order valence-corrected chi connectivity index (χ0v) is 13.5. The second kappa shape index (κ2) is 6.97. The summed E-state index contributed by atoms with van der Waals surface area (Å²) in [4.78, 5) is 11.8. The summed E-state index contributed by atoms with van der Waals surface area (Å²) in [5.41, 5.74) is -0.454. The lowest BCUT2D eigenvalue weighted by atomic mass is 9.91. The highest BCUT2D eigenvalue weighted by Crippen LogP contribution is 2.32. The van der Waals surface area contributed by atoms with Gasteiger partial charge in [0.1, 0.15) is 5.60 Å². The van der Waals surface area contributed by atoms with Crippen LogP contribution >= 0.6 is 0 Å². The molecule has 0 aliphatic heterocycles. The van der Waals surface area contributed by atoms with Crippen molar-refractivity contribution in [1.29, 1.82) is 0 Å². The highest BCUT2D eigenvalue weighted by atomic mass is 16.6. The lowest BCUT2D eigenvalue weighted by Crippen LogP contribution is -2.47. The third-order valence-corrected chi connectivity index (χ3v) is 4.18. The van der Waals surface area contributed by atoms with Crippen LogP contribution in [0.3, 0.4) is 0 Å². The molecule has 3 atom stereocenters. The van der Waals surface area contributed by atoms with E-state index in [0.29, 0.717) is 18.5 Å². The maximum atomic E-state index is 11.8. The minimum Gasteiger partial charge on any atom is -0.444 e. The minimum atomic E-state index is -0.454. The normalized spacial score (nSPS) is 28.0. The summed E-state index contributed by atoms with van der Waals surface area (Å²) in [6.45, 7) is 6.29. The summed E-state index contributed by atoms with van der Waals surface area (Å²) in [7, 11) is 0. The van der Waals surface area contributed by atoms with Crippen molar-refractivity contribution in [2.24, 2.45) is 5.92 Å². The highest BCUT2D eigenvalue weighted by molar-refractivity contribution is 5.68. The monoisotopic (exact) mass is 298 g/mol. The first-order valence-electron chi connectivity index (χ1n) is 8.24. The first-order chi connectivity index (χ1) is 9.83. The molecule has 2 saturated carbocycles. The van der Waals surface area contributed by atoms with Crippen molar-refractivity contribution in [1.82, 2.24) is 10.6 Å². The number of carbonyl (C=O) groups is 1. The molecule has 21 heavy (non-hydrogen) atoms. The van der Waals surface area contributed by atoms with E-state index < -0.39 is 5.60 Å². The first kappa shape index (κ1) is 16.6. The van der Waals surface area contributed by atoms with Gasteiger partial charge in [0.15, 0.2) is 0 Å². The molecule has 0 heterocycles. The van der Waals surface area contributed by atoms with Crippen LogP contribution in [0, 0.1) is 5.92 Å². The smallest absolute Gasteiger partial charge is 0.407 e. The summed E-state index contributed by atoms with van der Waals surface area (Å²) in [6, 6.07) is 0.552. The summed E-state index contributed by atoms with van der Waals surface area (Å²) < 4.78 is 5.30. The number of hydrogen-bond donors (Lipinski definition) is 3. The van der Waals surface area contributed by atoms with E-state index in [4.69, 9.17) is 4.74 Å². The Morgan fingerprint density at radius 2 is 1.90 bits per heavy atom. The number of hydrogen-bond acceptors (Lipinski definition) is 4. The predicted molar refractivity (Wildman–Crippen MR) is 82.1 cm³/mol. The lowest BCUT2D eigenvalue weighted by Gasteiger charge is -2.31. The maximum absolute atomic E-state index is 11.8. The van der Waals surface area contributed by atoms with Gasteiger partial charge in [-0.3, -0.25) is 0 Å². The van der Waals surface area contributed by atoms with Crippen LogP contribution in [0.2, 0.25) is 0 Å². The minimum absolute atomic E-state index is 0.171. The Hall–Kier alpha value is -0.810. The molecule has 2 rings (SSSR count). The fraction of sp³-hybridized carbons (Fsp3) is 0.938. The average molecular weight is 298 g/mol. The van der Waals surface area contributed by atoms with Crippen LogP contribution in [0.15, 0.2) is 0 Å². The van der Waals surface area contributed by atoms with Crippen molar-refractivity contribution in [3.8, 4) is 0 Å². The molecular weight excluding hydrogens is 268 g/mol. The third kappa shape index (κ3) is 6.22. The number of alkyl carbamates (subject to hydrolysis) is 1. The molecule has 2 fully saturated rings. The van der Waals surface area contributed by atoms with Gasteiger partial charge in [0.05, 0.1) is 6.10 Å². The average Bonchev–Trinajstić information content (AvgIpc) is 3.18. The van der Waals surface area contributed by atoms with E-state index in [9.17, 15) is 9.90 Å². The number of carbonyl (C=O) groups excluding carboxylic acids is 1. The Morgan fingerprint density at radius 3 is 2.52 bits per heavy atom. The van der Waals surface area contributed by atoms with Crippen molar-refractivity contribution >= 4 is 6.09 Å². The van der Waals surface area contributed by atoms with Crippen LogP contribution in [-0.4, -0.2) is 41.5 Å². The number of ether oxygens (including phenoxy) is 1. The van der Waals surface area contributed by atoms with Crippen LogP contribution in [0.4, 0.5) is 4.79 Å². The Kier molecular flexibility index (Phi) is 5.49. The molecule has 2 aliphatic rings. The van der Waals surface area contributed by atoms with Crippen molar-refractivity contribution in [2.75, 3.05) is 6.54 Å². The Labute approximate surface area is 127 Å². The molecule has 5 nitrogen and oxygen atoms in total. The molecule has 0 saturated heterocycles. The van der Waals surface area contributed by atoms with Gasteiger partial charge in [0.25, 0.3) is 0 Å². The molecule has 3 unspecified atom stereocenters. The zero-order valence-electron chi connectivity index (χ0n) is 13.5. The quantitative estimate of drug-likeness (QED) is 0.727. The van der Waals surface area contributed by atoms with Crippen molar-refractivity contribution in [3.05, 3.63) is 0 Å². The summed E-state index contributed by atoms with van der Waals surface area (Å²) in [5.74, 6) is 0.511. The molecule has 3 N–H and O–H groups in total. The van der Waals surface area contributed by atoms with Gasteiger partial charge in [-0.1, -0.05) is 0 Å². The van der Waals surface area contributed by atoms with E-state index in [0.717, 1.165) is 38.5 Å². The molecule has 1 amide bonds. The lowest BCUT2D eigenvalue weighted by molar-refractivity contribution is 0.0486. The van der Waals surface area contributed by atoms with Gasteiger partial charge in [-0.25, -0.2) is 4.79 Å². The van der Waals surface area contributed by atoms with Crippen LogP contribution in [0.25, 0.3) is 0 Å². The van der Waals surface area contributed by atoms with Gasteiger partial charge in [-0.05, 0) is 65.2 Å². The fourth-order valence-corrected chi connectivity index (χ4v) is 2.92. The molecule has 0 aromatic heterocycles. The molecule has 0 aromatic carbocycles. The van der Waals surface area contributed by atoms with Crippen LogP contribution in [0.1, 0.15) is 59.3 Å². The molecule has 0 radical (unpaired) electrons. The number of aliphatic hydroxyl groups excluding tert-OH is 1. The van der Waals surface area contributed by atoms with Gasteiger partial charge in [0, 0.05) is 18.6 Å². The standard InChI is InChI=1S/C16H30N2O3/c1-16(2,3)21-15(20)18-13-6-4-5-12(9-13)17-10-14(19)11-7-8-11/h11-14,17,19H,4-10H2,1-3H3,(H,18,20). The van der Waals surface area contributed by atoms with E-state index in [2.05, 4.69) is 10.6 Å². The molecular formula is C16H30N2O3. The van der Waals surface area contributed by atoms with Gasteiger partial charge < -0.3 is 20.5 Å². The van der Waals surface area contributed by atoms with E-state index in [1.165, 1.54) is 0 Å². The molecule has 122 valence electrons. The van der Waals surface area contributed by atoms with Crippen LogP contribution in [-0.2, 0) is 4.74 Å². The number of aliphatic hydroxyl groups is 1. The zero-order chi connectivity index (χ0) is 15.5. The van der Waals surface area contributed by atoms with Crippen LogP contribution in [0.5, 0.6) is 0 Å². The SMILES string of the molecule is CC(C)(C)OC(=O)NC1CCCC(NCC(O)C2CC2)C1. The number of nitrogens with one attached hydrogen (secondary N) is 2. The topological polar surface area (TPSA) is 70.6 Å². The Morgan fingerprint density at radius 1 is 1.24 bits per heavy atom. The van der Waals surface area contributed by atoms with Gasteiger partial charge >= 0.3 is 6.09 Å². The second-order valence-corrected chi connectivity index (χ2v) is 7.52. The van der Waals surface area contributed by atoms with Gasteiger partial charge in [-0.15, -0.1) is 0 Å². The Bertz CT molecular complexity index is 350. The second-order valence-electron chi connectivity index (χ2n) is 7.52. The highest BCUT2D eigenvalue weighted by Gasteiger charge is 2.31. The molecule has 2 aliphatic carbocycles. The Balaban J connectivity index is 1.68. The van der Waals surface area contributed by atoms with Gasteiger partial charge in [-0.2, -0.15) is 0 Å². The van der Waals surface area contributed by atoms with E-state index in [-0.39, 0.29) is 18.2 Å². The molecule has 5 heteroatoms. The van der Waals surface area contributed by atoms with Crippen molar-refractivity contribution in [3.63, 3.8) is 0 Å². The third-order valence-electron chi connectivity index (χ3n) is 4.18. The summed E-state index contributed by atoms with van der Waals surface area (Å²) in [6.07, 6.45) is 5.92. The fourth-order valence-electron chi connectivity index (χ4n) is 2.92. The predicted octanol–water partition coefficient (Wildman–Crippen LogP) is 2.18. The largest absolute Gasteiger partial charge is 0.444 e. The molecule has 0 spiro atoms. The van der Waals surface area contributed by atoms with Crippen molar-refractivity contribution < 1.29 is 14.6 Å². The molecule has 0 aromatic rings. The van der Waals surface area contributed by atoms with E-state index in [1.54, 1.807) is 0 Å². The van der Waals surface area contributed by atoms with Crippen LogP contribution < -0.4 is 10.6 Å². The molecule has 0 bridgehead atoms. The van der Waals surface area contributed by atoms with Crippen molar-refractivity contribution in [2.45, 2.75) is 83.1 Å². The van der Waals surface area contributed by atoms with Gasteiger partial charge in [0.2, 0.25) is 0 Å². The first-order valence-corrected chi connectivity index (χ1v) is 8.24. The summed E-state index contributed by atoms with van der Waals surface area (Å²) >= 11 is 0.